The molecule has 3 N–H and O–H groups in total. The molecule has 2 aliphatic heterocycles. The molecule has 9 nitrogen and oxygen atoms in total. The molecule has 3 aromatic rings. The second-order valence-electron chi connectivity index (χ2n) is 11.4. The molecule has 1 aliphatic carbocycles. The van der Waals surface area contributed by atoms with Crippen LogP contribution in [0.5, 0.6) is 0 Å². The molecule has 3 heterocycles. The summed E-state index contributed by atoms with van der Waals surface area (Å²) in [5.74, 6) is 0.265. The van der Waals surface area contributed by atoms with Gasteiger partial charge in [-0.25, -0.2) is 0 Å². The number of hydrogen-bond acceptors (Lipinski definition) is 6. The van der Waals surface area contributed by atoms with E-state index < -0.39 is 21.6 Å². The van der Waals surface area contributed by atoms with Crippen LogP contribution in [0.3, 0.4) is 0 Å². The van der Waals surface area contributed by atoms with Gasteiger partial charge in [-0.05, 0) is 42.5 Å². The fourth-order valence-electron chi connectivity index (χ4n) is 6.43. The van der Waals surface area contributed by atoms with Crippen molar-refractivity contribution in [3.8, 4) is 6.07 Å². The van der Waals surface area contributed by atoms with Gasteiger partial charge in [-0.2, -0.15) is 13.7 Å². The summed E-state index contributed by atoms with van der Waals surface area (Å²) in [4.78, 5) is 19.5. The van der Waals surface area contributed by atoms with Gasteiger partial charge in [0.25, 0.3) is 10.0 Å². The fraction of sp³-hybridized carbons (Fsp3) is 0.433. The van der Waals surface area contributed by atoms with Crippen molar-refractivity contribution in [2.45, 2.75) is 68.0 Å². The Morgan fingerprint density at radius 2 is 1.93 bits per heavy atom. The summed E-state index contributed by atoms with van der Waals surface area (Å²) in [5.41, 5.74) is 1.69. The lowest BCUT2D eigenvalue weighted by molar-refractivity contribution is -0.124. The summed E-state index contributed by atoms with van der Waals surface area (Å²) in [6, 6.07) is 16.5. The molecular formula is C30H34N6O3S. The molecule has 1 amide bonds. The summed E-state index contributed by atoms with van der Waals surface area (Å²) >= 11 is 0. The van der Waals surface area contributed by atoms with Crippen LogP contribution >= 0.6 is 0 Å². The second kappa shape index (κ2) is 10.7. The standard InChI is InChI=1S/C30H34N6O3S/c31-19-30(14-15-36(20-30)18-22-17-32-25-12-6-4-10-23(22)25)34-29(37)26(16-21-8-2-1-3-9-21)33-28-24-11-5-7-13-27(24)40(38,39)35-28/h4-7,10-13,17,21,26,32H,1-3,8-9,14-16,18,20H2,(H,33,35)(H,34,37). The van der Waals surface area contributed by atoms with E-state index in [4.69, 9.17) is 0 Å². The molecule has 40 heavy (non-hydrogen) atoms. The highest BCUT2D eigenvalue weighted by Crippen LogP contribution is 2.30. The maximum Gasteiger partial charge on any atom is 0.285 e. The van der Waals surface area contributed by atoms with Crippen LogP contribution in [0.2, 0.25) is 0 Å². The topological polar surface area (TPSA) is 130 Å². The zero-order chi connectivity index (χ0) is 27.7. The molecular weight excluding hydrogens is 524 g/mol. The van der Waals surface area contributed by atoms with Crippen LogP contribution in [-0.4, -0.2) is 54.7 Å². The van der Waals surface area contributed by atoms with Gasteiger partial charge in [0.2, 0.25) is 5.91 Å². The molecule has 208 valence electrons. The first-order valence-corrected chi connectivity index (χ1v) is 15.5. The number of amides is 1. The van der Waals surface area contributed by atoms with Crippen molar-refractivity contribution in [3.63, 3.8) is 0 Å². The minimum atomic E-state index is -3.81. The van der Waals surface area contributed by atoms with E-state index >= 15 is 0 Å². The van der Waals surface area contributed by atoms with Crippen LogP contribution in [0.15, 0.2) is 64.0 Å². The lowest BCUT2D eigenvalue weighted by atomic mass is 9.84. The monoisotopic (exact) mass is 558 g/mol. The van der Waals surface area contributed by atoms with Crippen LogP contribution < -0.4 is 10.6 Å². The molecule has 1 saturated heterocycles. The summed E-state index contributed by atoms with van der Waals surface area (Å²) in [7, 11) is -3.81. The number of sulfonamides is 1. The number of nitrogens with zero attached hydrogens (tertiary/aromatic N) is 3. The third kappa shape index (κ3) is 5.23. The van der Waals surface area contributed by atoms with Crippen molar-refractivity contribution < 1.29 is 13.2 Å². The summed E-state index contributed by atoms with van der Waals surface area (Å²) in [6.45, 7) is 1.79. The molecule has 2 atom stereocenters. The Kier molecular flexibility index (Phi) is 7.11. The third-order valence-corrected chi connectivity index (χ3v) is 9.88. The predicted molar refractivity (Wildman–Crippen MR) is 153 cm³/mol. The average Bonchev–Trinajstić information content (AvgIpc) is 3.64. The van der Waals surface area contributed by atoms with E-state index in [1.54, 1.807) is 18.2 Å². The number of hydrogen-bond donors (Lipinski definition) is 3. The Hall–Kier alpha value is -3.68. The van der Waals surface area contributed by atoms with Crippen molar-refractivity contribution in [3.05, 3.63) is 65.9 Å². The first-order valence-electron chi connectivity index (χ1n) is 14.1. The van der Waals surface area contributed by atoms with Crippen molar-refractivity contribution in [1.29, 1.82) is 5.26 Å². The number of carbonyl (C=O) groups excluding carboxylic acids is 1. The molecule has 10 heteroatoms. The quantitative estimate of drug-likeness (QED) is 0.404. The number of aromatic amines is 1. The normalized spacial score (nSPS) is 23.3. The van der Waals surface area contributed by atoms with E-state index in [-0.39, 0.29) is 16.6 Å². The number of para-hydroxylation sites is 1. The van der Waals surface area contributed by atoms with Gasteiger partial charge in [-0.3, -0.25) is 9.69 Å². The van der Waals surface area contributed by atoms with E-state index in [0.29, 0.717) is 44.0 Å². The van der Waals surface area contributed by atoms with Crippen LogP contribution in [0.25, 0.3) is 10.9 Å². The first kappa shape index (κ1) is 26.5. The number of rotatable bonds is 7. The van der Waals surface area contributed by atoms with Gasteiger partial charge in [0.15, 0.2) is 0 Å². The molecule has 3 aliphatic rings. The maximum atomic E-state index is 13.8. The Morgan fingerprint density at radius 1 is 1.15 bits per heavy atom. The van der Waals surface area contributed by atoms with Crippen LogP contribution in [-0.2, 0) is 21.4 Å². The van der Waals surface area contributed by atoms with Gasteiger partial charge >= 0.3 is 0 Å². The number of benzene rings is 2. The van der Waals surface area contributed by atoms with Gasteiger partial charge in [-0.1, -0.05) is 62.4 Å². The van der Waals surface area contributed by atoms with E-state index in [2.05, 4.69) is 37.1 Å². The molecule has 1 aromatic heterocycles. The van der Waals surface area contributed by atoms with Crippen LogP contribution in [0, 0.1) is 17.2 Å². The minimum absolute atomic E-state index is 0.145. The molecule has 2 unspecified atom stereocenters. The van der Waals surface area contributed by atoms with Crippen molar-refractivity contribution >= 4 is 32.7 Å². The Labute approximate surface area is 234 Å². The molecule has 0 bridgehead atoms. The summed E-state index contributed by atoms with van der Waals surface area (Å²) in [6.07, 6.45) is 8.61. The Bertz CT molecular complexity index is 1600. The SMILES string of the molecule is N#CC1(NC(=O)C(CC2CCCCC2)NC2=NS(=O)(=O)c3ccccc32)CCN(Cc2c[nH]c3ccccc23)C1. The van der Waals surface area contributed by atoms with Gasteiger partial charge in [0, 0.05) is 42.3 Å². The fourth-order valence-corrected chi connectivity index (χ4v) is 7.62. The molecule has 0 spiro atoms. The zero-order valence-electron chi connectivity index (χ0n) is 22.4. The predicted octanol–water partition coefficient (Wildman–Crippen LogP) is 3.83. The number of H-pyrrole nitrogens is 1. The number of fused-ring (bicyclic) bond motifs is 2. The largest absolute Gasteiger partial charge is 0.361 e. The van der Waals surface area contributed by atoms with Gasteiger partial charge < -0.3 is 15.6 Å². The second-order valence-corrected chi connectivity index (χ2v) is 12.9. The van der Waals surface area contributed by atoms with Crippen molar-refractivity contribution in [1.82, 2.24) is 20.5 Å². The molecule has 1 saturated carbocycles. The maximum absolute atomic E-state index is 13.8. The Morgan fingerprint density at radius 3 is 2.75 bits per heavy atom. The van der Waals surface area contributed by atoms with E-state index in [9.17, 15) is 18.5 Å². The highest BCUT2D eigenvalue weighted by Gasteiger charge is 2.42. The van der Waals surface area contributed by atoms with Crippen molar-refractivity contribution in [2.75, 3.05) is 13.1 Å². The highest BCUT2D eigenvalue weighted by molar-refractivity contribution is 7.90. The summed E-state index contributed by atoms with van der Waals surface area (Å²) in [5, 5.41) is 17.7. The average molecular weight is 559 g/mol. The number of likely N-dealkylation sites (tertiary alicyclic amines) is 1. The third-order valence-electron chi connectivity index (χ3n) is 8.55. The van der Waals surface area contributed by atoms with Gasteiger partial charge in [0.1, 0.15) is 22.3 Å². The van der Waals surface area contributed by atoms with Crippen LogP contribution in [0.4, 0.5) is 0 Å². The number of nitriles is 1. The smallest absolute Gasteiger partial charge is 0.285 e. The molecule has 0 radical (unpaired) electrons. The molecule has 2 aromatic carbocycles. The number of amidine groups is 1. The van der Waals surface area contributed by atoms with E-state index in [1.165, 1.54) is 12.5 Å². The number of nitrogens with one attached hydrogen (secondary N) is 3. The van der Waals surface area contributed by atoms with E-state index in [0.717, 1.165) is 42.1 Å². The lowest BCUT2D eigenvalue weighted by Crippen LogP contribution is -2.56. The van der Waals surface area contributed by atoms with Crippen LogP contribution in [0.1, 0.15) is 56.1 Å². The van der Waals surface area contributed by atoms with Crippen molar-refractivity contribution in [2.24, 2.45) is 10.3 Å². The minimum Gasteiger partial charge on any atom is -0.361 e. The number of aromatic nitrogens is 1. The lowest BCUT2D eigenvalue weighted by Gasteiger charge is -2.30. The number of carbonyl (C=O) groups is 1. The van der Waals surface area contributed by atoms with Gasteiger partial charge in [0.05, 0.1) is 6.07 Å². The summed E-state index contributed by atoms with van der Waals surface area (Å²) < 4.78 is 29.3. The first-order chi connectivity index (χ1) is 19.4. The van der Waals surface area contributed by atoms with E-state index in [1.807, 2.05) is 24.4 Å². The highest BCUT2D eigenvalue weighted by atomic mass is 32.2. The van der Waals surface area contributed by atoms with Gasteiger partial charge in [-0.15, -0.1) is 4.40 Å². The molecule has 6 rings (SSSR count). The zero-order valence-corrected chi connectivity index (χ0v) is 23.2. The Balaban J connectivity index is 1.19. The molecule has 2 fully saturated rings.